The average Bonchev–Trinajstić information content (AvgIpc) is 2.56. The molecular weight excluding hydrogens is 258 g/mol. The van der Waals surface area contributed by atoms with E-state index in [-0.39, 0.29) is 6.04 Å². The van der Waals surface area contributed by atoms with Crippen LogP contribution in [-0.2, 0) is 0 Å². The van der Waals surface area contributed by atoms with Crippen molar-refractivity contribution in [1.29, 1.82) is 5.26 Å². The van der Waals surface area contributed by atoms with Crippen molar-refractivity contribution in [3.8, 4) is 6.07 Å². The van der Waals surface area contributed by atoms with Crippen LogP contribution < -0.4 is 5.32 Å². The van der Waals surface area contributed by atoms with E-state index < -0.39 is 0 Å². The zero-order valence-corrected chi connectivity index (χ0v) is 11.7. The molecule has 0 aliphatic rings. The first-order valence-electron chi connectivity index (χ1n) is 6.88. The van der Waals surface area contributed by atoms with Crippen LogP contribution in [0.1, 0.15) is 24.1 Å². The fourth-order valence-electron chi connectivity index (χ4n) is 2.47. The Balaban J connectivity index is 2.01. The second-order valence-corrected chi connectivity index (χ2v) is 4.97. The summed E-state index contributed by atoms with van der Waals surface area (Å²) in [5.41, 5.74) is 2.86. The Morgan fingerprint density at radius 1 is 1.05 bits per heavy atom. The maximum absolute atomic E-state index is 9.21. The van der Waals surface area contributed by atoms with Crippen LogP contribution in [0.25, 0.3) is 10.8 Å². The molecule has 1 N–H and O–H groups in total. The predicted octanol–water partition coefficient (Wildman–Crippen LogP) is 4.28. The third-order valence-electron chi connectivity index (χ3n) is 3.60. The second-order valence-electron chi connectivity index (χ2n) is 4.97. The van der Waals surface area contributed by atoms with Crippen molar-refractivity contribution < 1.29 is 0 Å². The summed E-state index contributed by atoms with van der Waals surface area (Å²) in [4.78, 5) is 4.15. The molecule has 0 bridgehead atoms. The third kappa shape index (κ3) is 2.56. The lowest BCUT2D eigenvalue weighted by Crippen LogP contribution is -2.07. The van der Waals surface area contributed by atoms with Crippen molar-refractivity contribution in [1.82, 2.24) is 4.98 Å². The number of hydrogen-bond acceptors (Lipinski definition) is 3. The van der Waals surface area contributed by atoms with Gasteiger partial charge in [0, 0.05) is 28.9 Å². The quantitative estimate of drug-likeness (QED) is 0.774. The van der Waals surface area contributed by atoms with Gasteiger partial charge in [-0.3, -0.25) is 4.98 Å². The topological polar surface area (TPSA) is 48.7 Å². The summed E-state index contributed by atoms with van der Waals surface area (Å²) in [6.45, 7) is 2.10. The molecule has 2 aromatic carbocycles. The molecule has 3 heteroatoms. The maximum atomic E-state index is 9.21. The van der Waals surface area contributed by atoms with Gasteiger partial charge in [0.25, 0.3) is 0 Å². The van der Waals surface area contributed by atoms with Gasteiger partial charge in [-0.25, -0.2) is 0 Å². The van der Waals surface area contributed by atoms with Gasteiger partial charge in [-0.1, -0.05) is 30.3 Å². The highest BCUT2D eigenvalue weighted by atomic mass is 14.9. The smallest absolute Gasteiger partial charge is 0.0998 e. The summed E-state index contributed by atoms with van der Waals surface area (Å²) < 4.78 is 0. The lowest BCUT2D eigenvalue weighted by atomic mass is 10.0. The van der Waals surface area contributed by atoms with Crippen LogP contribution in [-0.4, -0.2) is 4.98 Å². The Kier molecular flexibility index (Phi) is 3.53. The summed E-state index contributed by atoms with van der Waals surface area (Å²) in [5, 5.41) is 14.7. The molecule has 0 fully saturated rings. The van der Waals surface area contributed by atoms with E-state index in [1.807, 2.05) is 48.7 Å². The molecule has 0 spiro atoms. The van der Waals surface area contributed by atoms with E-state index in [4.69, 9.17) is 0 Å². The predicted molar refractivity (Wildman–Crippen MR) is 84.9 cm³/mol. The molecule has 0 saturated carbocycles. The fourth-order valence-corrected chi connectivity index (χ4v) is 2.47. The van der Waals surface area contributed by atoms with Gasteiger partial charge in [-0.15, -0.1) is 0 Å². The van der Waals surface area contributed by atoms with Crippen molar-refractivity contribution in [3.63, 3.8) is 0 Å². The molecule has 1 atom stereocenters. The molecule has 3 rings (SSSR count). The van der Waals surface area contributed by atoms with Crippen LogP contribution in [0.4, 0.5) is 5.69 Å². The highest BCUT2D eigenvalue weighted by Crippen LogP contribution is 2.29. The van der Waals surface area contributed by atoms with E-state index in [2.05, 4.69) is 29.4 Å². The molecule has 21 heavy (non-hydrogen) atoms. The van der Waals surface area contributed by atoms with Crippen molar-refractivity contribution in [2.24, 2.45) is 0 Å². The average molecular weight is 273 g/mol. The molecule has 0 aliphatic heterocycles. The number of hydrogen-bond donors (Lipinski definition) is 1. The first kappa shape index (κ1) is 13.1. The van der Waals surface area contributed by atoms with Crippen LogP contribution in [0.15, 0.2) is 60.9 Å². The summed E-state index contributed by atoms with van der Waals surface area (Å²) in [6.07, 6.45) is 3.64. The van der Waals surface area contributed by atoms with Crippen molar-refractivity contribution >= 4 is 16.5 Å². The Morgan fingerprint density at radius 3 is 2.57 bits per heavy atom. The molecule has 1 aromatic heterocycles. The number of aromatic nitrogens is 1. The molecule has 102 valence electrons. The van der Waals surface area contributed by atoms with Gasteiger partial charge in [0.2, 0.25) is 0 Å². The first-order valence-corrected chi connectivity index (χ1v) is 6.88. The molecule has 1 unspecified atom stereocenters. The Labute approximate surface area is 123 Å². The SMILES string of the molecule is CC(Nc1ccc(C#N)c2ccccc12)c1cccnc1. The minimum Gasteiger partial charge on any atom is -0.378 e. The van der Waals surface area contributed by atoms with E-state index in [9.17, 15) is 5.26 Å². The standard InChI is InChI=1S/C18H15N3/c1-13(15-5-4-10-20-12-15)21-18-9-8-14(11-19)16-6-2-3-7-17(16)18/h2-10,12-13,21H,1H3. The Hall–Kier alpha value is -2.86. The number of fused-ring (bicyclic) bond motifs is 1. The van der Waals surface area contributed by atoms with E-state index >= 15 is 0 Å². The van der Waals surface area contributed by atoms with Crippen LogP contribution in [0.3, 0.4) is 0 Å². The van der Waals surface area contributed by atoms with Crippen LogP contribution >= 0.6 is 0 Å². The highest BCUT2D eigenvalue weighted by Gasteiger charge is 2.09. The largest absolute Gasteiger partial charge is 0.378 e. The first-order chi connectivity index (χ1) is 10.3. The minimum atomic E-state index is 0.148. The van der Waals surface area contributed by atoms with E-state index in [0.29, 0.717) is 5.56 Å². The van der Waals surface area contributed by atoms with Gasteiger partial charge in [-0.2, -0.15) is 5.26 Å². The lowest BCUT2D eigenvalue weighted by Gasteiger charge is -2.17. The normalized spacial score (nSPS) is 11.8. The van der Waals surface area contributed by atoms with E-state index in [0.717, 1.165) is 22.0 Å². The van der Waals surface area contributed by atoms with Gasteiger partial charge >= 0.3 is 0 Å². The summed E-state index contributed by atoms with van der Waals surface area (Å²) >= 11 is 0. The lowest BCUT2D eigenvalue weighted by molar-refractivity contribution is 0.877. The molecule has 3 nitrogen and oxygen atoms in total. The molecule has 0 saturated heterocycles. The van der Waals surface area contributed by atoms with Gasteiger partial charge < -0.3 is 5.32 Å². The van der Waals surface area contributed by atoms with Gasteiger partial charge in [0.15, 0.2) is 0 Å². The summed E-state index contributed by atoms with van der Waals surface area (Å²) in [6, 6.07) is 18.2. The van der Waals surface area contributed by atoms with Crippen LogP contribution in [0.2, 0.25) is 0 Å². The molecule has 1 heterocycles. The Morgan fingerprint density at radius 2 is 1.86 bits per heavy atom. The zero-order chi connectivity index (χ0) is 14.7. The van der Waals surface area contributed by atoms with Gasteiger partial charge in [0.05, 0.1) is 17.7 Å². The molecule has 0 aliphatic carbocycles. The Bertz CT molecular complexity index is 804. The molecular formula is C18H15N3. The zero-order valence-electron chi connectivity index (χ0n) is 11.7. The van der Waals surface area contributed by atoms with E-state index in [1.54, 1.807) is 6.20 Å². The third-order valence-corrected chi connectivity index (χ3v) is 3.60. The van der Waals surface area contributed by atoms with Gasteiger partial charge in [-0.05, 0) is 30.7 Å². The number of benzene rings is 2. The van der Waals surface area contributed by atoms with Gasteiger partial charge in [0.1, 0.15) is 0 Å². The number of nitriles is 1. The summed E-state index contributed by atoms with van der Waals surface area (Å²) in [5.74, 6) is 0. The second kappa shape index (κ2) is 5.64. The number of nitrogens with zero attached hydrogens (tertiary/aromatic N) is 2. The number of pyridine rings is 1. The van der Waals surface area contributed by atoms with Crippen LogP contribution in [0, 0.1) is 11.3 Å². The van der Waals surface area contributed by atoms with Crippen molar-refractivity contribution in [2.75, 3.05) is 5.32 Å². The number of anilines is 1. The fraction of sp³-hybridized carbons (Fsp3) is 0.111. The monoisotopic (exact) mass is 273 g/mol. The molecule has 3 aromatic rings. The van der Waals surface area contributed by atoms with Crippen LogP contribution in [0.5, 0.6) is 0 Å². The number of nitrogens with one attached hydrogen (secondary N) is 1. The van der Waals surface area contributed by atoms with Crippen molar-refractivity contribution in [3.05, 3.63) is 72.1 Å². The highest BCUT2D eigenvalue weighted by molar-refractivity contribution is 5.97. The maximum Gasteiger partial charge on any atom is 0.0998 e. The van der Waals surface area contributed by atoms with E-state index in [1.165, 1.54) is 0 Å². The number of rotatable bonds is 3. The molecule has 0 amide bonds. The minimum absolute atomic E-state index is 0.148. The van der Waals surface area contributed by atoms with Crippen molar-refractivity contribution in [2.45, 2.75) is 13.0 Å². The summed E-state index contributed by atoms with van der Waals surface area (Å²) in [7, 11) is 0. The molecule has 0 radical (unpaired) electrons.